The van der Waals surface area contributed by atoms with Crippen LogP contribution in [-0.2, 0) is 18.5 Å². The number of aromatic nitrogens is 1. The largest absolute Gasteiger partial charge is 0.328 e. The topological polar surface area (TPSA) is 33.2 Å². The van der Waals surface area contributed by atoms with Gasteiger partial charge >= 0.3 is 0 Å². The van der Waals surface area contributed by atoms with Crippen LogP contribution in [0.15, 0.2) is 65.5 Å². The van der Waals surface area contributed by atoms with Gasteiger partial charge in [0.15, 0.2) is 0 Å². The standard InChI is InChI=1S/C22H24N2OS/c1-22(2,3)19-9-7-18(8-10-19)21(25)24(14-17-11-13-26-16-17)15-20-6-4-5-12-23-20/h4-13,16H,14-15H2,1-3H3. The van der Waals surface area contributed by atoms with Gasteiger partial charge in [0.05, 0.1) is 12.2 Å². The molecule has 0 aliphatic heterocycles. The first-order valence-electron chi connectivity index (χ1n) is 8.74. The van der Waals surface area contributed by atoms with Crippen molar-refractivity contribution in [1.82, 2.24) is 9.88 Å². The van der Waals surface area contributed by atoms with Gasteiger partial charge in [-0.25, -0.2) is 0 Å². The number of carbonyl (C=O) groups excluding carboxylic acids is 1. The molecule has 0 atom stereocenters. The van der Waals surface area contributed by atoms with Crippen molar-refractivity contribution in [2.75, 3.05) is 0 Å². The molecule has 3 nitrogen and oxygen atoms in total. The molecule has 3 aromatic rings. The summed E-state index contributed by atoms with van der Waals surface area (Å²) in [5, 5.41) is 4.12. The molecule has 0 aliphatic carbocycles. The van der Waals surface area contributed by atoms with Crippen LogP contribution in [0.4, 0.5) is 0 Å². The van der Waals surface area contributed by atoms with Crippen LogP contribution in [0.3, 0.4) is 0 Å². The lowest BCUT2D eigenvalue weighted by atomic mass is 9.86. The number of hydrogen-bond acceptors (Lipinski definition) is 3. The summed E-state index contributed by atoms with van der Waals surface area (Å²) in [7, 11) is 0. The Morgan fingerprint density at radius 1 is 1.04 bits per heavy atom. The van der Waals surface area contributed by atoms with E-state index in [1.54, 1.807) is 17.5 Å². The lowest BCUT2D eigenvalue weighted by Gasteiger charge is -2.23. The molecular formula is C22H24N2OS. The summed E-state index contributed by atoms with van der Waals surface area (Å²) in [6.07, 6.45) is 1.76. The molecule has 0 saturated carbocycles. The van der Waals surface area contributed by atoms with Crippen molar-refractivity contribution in [3.05, 3.63) is 87.9 Å². The van der Waals surface area contributed by atoms with E-state index in [4.69, 9.17) is 0 Å². The smallest absolute Gasteiger partial charge is 0.254 e. The molecule has 0 radical (unpaired) electrons. The molecule has 2 aromatic heterocycles. The minimum Gasteiger partial charge on any atom is -0.328 e. The van der Waals surface area contributed by atoms with Crippen LogP contribution in [0.5, 0.6) is 0 Å². The van der Waals surface area contributed by atoms with Gasteiger partial charge in [0.25, 0.3) is 5.91 Å². The zero-order valence-electron chi connectivity index (χ0n) is 15.5. The molecule has 0 spiro atoms. The van der Waals surface area contributed by atoms with Crippen LogP contribution in [0.25, 0.3) is 0 Å². The zero-order chi connectivity index (χ0) is 18.6. The number of carbonyl (C=O) groups is 1. The van der Waals surface area contributed by atoms with E-state index in [0.717, 1.165) is 11.3 Å². The quantitative estimate of drug-likeness (QED) is 0.617. The van der Waals surface area contributed by atoms with Gasteiger partial charge in [-0.15, -0.1) is 0 Å². The average molecular weight is 365 g/mol. The molecule has 4 heteroatoms. The Hall–Kier alpha value is -2.46. The van der Waals surface area contributed by atoms with E-state index in [2.05, 4.69) is 49.3 Å². The van der Waals surface area contributed by atoms with E-state index < -0.39 is 0 Å². The van der Waals surface area contributed by atoms with Crippen LogP contribution in [0.1, 0.15) is 48.0 Å². The molecule has 0 fully saturated rings. The highest BCUT2D eigenvalue weighted by atomic mass is 32.1. The number of thiophene rings is 1. The third-order valence-corrected chi connectivity index (χ3v) is 5.05. The van der Waals surface area contributed by atoms with Crippen molar-refractivity contribution in [2.24, 2.45) is 0 Å². The van der Waals surface area contributed by atoms with Crippen molar-refractivity contribution in [3.63, 3.8) is 0 Å². The summed E-state index contributed by atoms with van der Waals surface area (Å²) in [5.41, 5.74) is 4.05. The van der Waals surface area contributed by atoms with Gasteiger partial charge < -0.3 is 4.90 Å². The number of hydrogen-bond donors (Lipinski definition) is 0. The molecule has 1 amide bonds. The van der Waals surface area contributed by atoms with E-state index in [1.807, 2.05) is 40.6 Å². The minimum atomic E-state index is 0.0299. The maximum atomic E-state index is 13.1. The van der Waals surface area contributed by atoms with Gasteiger partial charge in [-0.3, -0.25) is 9.78 Å². The van der Waals surface area contributed by atoms with Crippen LogP contribution < -0.4 is 0 Å². The zero-order valence-corrected chi connectivity index (χ0v) is 16.3. The summed E-state index contributed by atoms with van der Waals surface area (Å²) in [6, 6.07) is 15.8. The number of pyridine rings is 1. The summed E-state index contributed by atoms with van der Waals surface area (Å²) in [5.74, 6) is 0.0299. The average Bonchev–Trinajstić information content (AvgIpc) is 3.14. The number of amides is 1. The normalized spacial score (nSPS) is 11.3. The van der Waals surface area contributed by atoms with Crippen molar-refractivity contribution < 1.29 is 4.79 Å². The molecule has 134 valence electrons. The molecule has 0 aliphatic rings. The molecular weight excluding hydrogens is 340 g/mol. The third kappa shape index (κ3) is 4.58. The van der Waals surface area contributed by atoms with Crippen LogP contribution in [0.2, 0.25) is 0 Å². The van der Waals surface area contributed by atoms with Gasteiger partial charge in [-0.05, 0) is 57.6 Å². The third-order valence-electron chi connectivity index (χ3n) is 4.32. The highest BCUT2D eigenvalue weighted by molar-refractivity contribution is 7.07. The van der Waals surface area contributed by atoms with Crippen molar-refractivity contribution in [2.45, 2.75) is 39.3 Å². The molecule has 2 heterocycles. The summed E-state index contributed by atoms with van der Waals surface area (Å²) in [4.78, 5) is 19.4. The van der Waals surface area contributed by atoms with Crippen LogP contribution >= 0.6 is 11.3 Å². The summed E-state index contributed by atoms with van der Waals surface area (Å²) >= 11 is 1.65. The fraction of sp³-hybridized carbons (Fsp3) is 0.273. The van der Waals surface area contributed by atoms with Crippen LogP contribution in [0, 0.1) is 0 Å². The molecule has 26 heavy (non-hydrogen) atoms. The maximum Gasteiger partial charge on any atom is 0.254 e. The van der Waals surface area contributed by atoms with E-state index in [1.165, 1.54) is 5.56 Å². The Morgan fingerprint density at radius 3 is 2.38 bits per heavy atom. The van der Waals surface area contributed by atoms with Gasteiger partial charge in [0.1, 0.15) is 0 Å². The van der Waals surface area contributed by atoms with E-state index >= 15 is 0 Å². The number of benzene rings is 1. The highest BCUT2D eigenvalue weighted by Gasteiger charge is 2.19. The Labute approximate surface area is 159 Å². The Bertz CT molecular complexity index is 834. The van der Waals surface area contributed by atoms with Gasteiger partial charge in [0.2, 0.25) is 0 Å². The number of nitrogens with zero attached hydrogens (tertiary/aromatic N) is 2. The van der Waals surface area contributed by atoms with Crippen molar-refractivity contribution >= 4 is 17.2 Å². The first-order chi connectivity index (χ1) is 12.4. The van der Waals surface area contributed by atoms with E-state index in [0.29, 0.717) is 18.7 Å². The first kappa shape index (κ1) is 18.3. The fourth-order valence-corrected chi connectivity index (χ4v) is 3.44. The molecule has 0 N–H and O–H groups in total. The van der Waals surface area contributed by atoms with E-state index in [-0.39, 0.29) is 11.3 Å². The van der Waals surface area contributed by atoms with Gasteiger partial charge in [-0.2, -0.15) is 11.3 Å². The maximum absolute atomic E-state index is 13.1. The second-order valence-corrected chi connectivity index (χ2v) is 8.22. The monoisotopic (exact) mass is 364 g/mol. The Morgan fingerprint density at radius 2 is 1.81 bits per heavy atom. The molecule has 0 unspecified atom stereocenters. The molecule has 1 aromatic carbocycles. The van der Waals surface area contributed by atoms with Crippen molar-refractivity contribution in [3.8, 4) is 0 Å². The van der Waals surface area contributed by atoms with Gasteiger partial charge in [-0.1, -0.05) is 39.0 Å². The van der Waals surface area contributed by atoms with Crippen LogP contribution in [-0.4, -0.2) is 15.8 Å². The highest BCUT2D eigenvalue weighted by Crippen LogP contribution is 2.23. The SMILES string of the molecule is CC(C)(C)c1ccc(C(=O)N(Cc2ccsc2)Cc2ccccn2)cc1. The lowest BCUT2D eigenvalue weighted by Crippen LogP contribution is -2.30. The predicted molar refractivity (Wildman–Crippen MR) is 107 cm³/mol. The summed E-state index contributed by atoms with van der Waals surface area (Å²) in [6.45, 7) is 7.60. The summed E-state index contributed by atoms with van der Waals surface area (Å²) < 4.78 is 0. The Balaban J connectivity index is 1.84. The van der Waals surface area contributed by atoms with Crippen molar-refractivity contribution in [1.29, 1.82) is 0 Å². The van der Waals surface area contributed by atoms with E-state index in [9.17, 15) is 4.79 Å². The van der Waals surface area contributed by atoms with Gasteiger partial charge in [0, 0.05) is 18.3 Å². The first-order valence-corrected chi connectivity index (χ1v) is 9.68. The predicted octanol–water partition coefficient (Wildman–Crippen LogP) is 5.28. The lowest BCUT2D eigenvalue weighted by molar-refractivity contribution is 0.0728. The molecule has 3 rings (SSSR count). The fourth-order valence-electron chi connectivity index (χ4n) is 2.79. The second kappa shape index (κ2) is 7.83. The Kier molecular flexibility index (Phi) is 5.52. The molecule has 0 saturated heterocycles. The second-order valence-electron chi connectivity index (χ2n) is 7.44. The minimum absolute atomic E-state index is 0.0299. The molecule has 0 bridgehead atoms. The number of rotatable bonds is 5.